The Morgan fingerprint density at radius 3 is 2.89 bits per heavy atom. The van der Waals surface area contributed by atoms with E-state index in [1.54, 1.807) is 0 Å². The molecule has 2 saturated heterocycles. The molecule has 4 heteroatoms. The van der Waals surface area contributed by atoms with Gasteiger partial charge in [0.2, 0.25) is 5.91 Å². The molecule has 2 rings (SSSR count). The van der Waals surface area contributed by atoms with Crippen molar-refractivity contribution in [1.29, 1.82) is 0 Å². The minimum Gasteiger partial charge on any atom is -0.376 e. The van der Waals surface area contributed by atoms with E-state index in [9.17, 15) is 4.79 Å². The lowest BCUT2D eigenvalue weighted by molar-refractivity contribution is -0.136. The van der Waals surface area contributed by atoms with Crippen molar-refractivity contribution < 1.29 is 9.53 Å². The molecule has 0 aromatic rings. The summed E-state index contributed by atoms with van der Waals surface area (Å²) in [5, 5.41) is 3.40. The molecule has 4 nitrogen and oxygen atoms in total. The number of rotatable bonds is 4. The molecule has 0 bridgehead atoms. The standard InChI is InChI=1S/C15H28N2O2/c1-11(2)10-19-14-5-7-17(9-14)15(18)13-4-6-16-12(3)8-13/h11-14,16H,4-10H2,1-3H3/t12-,13-,14?/m0/s1. The van der Waals surface area contributed by atoms with Crippen molar-refractivity contribution in [1.82, 2.24) is 10.2 Å². The predicted molar refractivity (Wildman–Crippen MR) is 76.0 cm³/mol. The molecule has 3 atom stereocenters. The van der Waals surface area contributed by atoms with Gasteiger partial charge in [0.05, 0.1) is 6.10 Å². The summed E-state index contributed by atoms with van der Waals surface area (Å²) in [5.74, 6) is 1.14. The fraction of sp³-hybridized carbons (Fsp3) is 0.933. The quantitative estimate of drug-likeness (QED) is 0.843. The van der Waals surface area contributed by atoms with E-state index in [4.69, 9.17) is 4.74 Å². The highest BCUT2D eigenvalue weighted by molar-refractivity contribution is 5.79. The van der Waals surface area contributed by atoms with Crippen LogP contribution in [0.1, 0.15) is 40.0 Å². The summed E-state index contributed by atoms with van der Waals surface area (Å²) in [6, 6.07) is 0.471. The fourth-order valence-electron chi connectivity index (χ4n) is 3.01. The van der Waals surface area contributed by atoms with E-state index >= 15 is 0 Å². The van der Waals surface area contributed by atoms with Crippen molar-refractivity contribution in [2.75, 3.05) is 26.2 Å². The van der Waals surface area contributed by atoms with Gasteiger partial charge in [0.15, 0.2) is 0 Å². The van der Waals surface area contributed by atoms with E-state index in [0.717, 1.165) is 45.5 Å². The first-order valence-electron chi connectivity index (χ1n) is 7.70. The highest BCUT2D eigenvalue weighted by atomic mass is 16.5. The molecule has 2 aliphatic rings. The Hall–Kier alpha value is -0.610. The van der Waals surface area contributed by atoms with Crippen LogP contribution >= 0.6 is 0 Å². The summed E-state index contributed by atoms with van der Waals surface area (Å²) in [5.41, 5.74) is 0. The zero-order valence-electron chi connectivity index (χ0n) is 12.5. The van der Waals surface area contributed by atoms with Crippen LogP contribution < -0.4 is 5.32 Å². The smallest absolute Gasteiger partial charge is 0.225 e. The summed E-state index contributed by atoms with van der Waals surface area (Å²) in [6.07, 6.45) is 3.22. The molecule has 0 saturated carbocycles. The average Bonchev–Trinajstić information content (AvgIpc) is 2.84. The van der Waals surface area contributed by atoms with Crippen molar-refractivity contribution in [3.8, 4) is 0 Å². The van der Waals surface area contributed by atoms with Crippen molar-refractivity contribution in [3.63, 3.8) is 0 Å². The van der Waals surface area contributed by atoms with Crippen molar-refractivity contribution in [2.24, 2.45) is 11.8 Å². The van der Waals surface area contributed by atoms with E-state index in [2.05, 4.69) is 26.1 Å². The van der Waals surface area contributed by atoms with Gasteiger partial charge in [-0.1, -0.05) is 13.8 Å². The summed E-state index contributed by atoms with van der Waals surface area (Å²) >= 11 is 0. The van der Waals surface area contributed by atoms with E-state index in [1.807, 2.05) is 4.90 Å². The zero-order valence-corrected chi connectivity index (χ0v) is 12.5. The molecular weight excluding hydrogens is 240 g/mol. The van der Waals surface area contributed by atoms with E-state index in [1.165, 1.54) is 0 Å². The minimum absolute atomic E-state index is 0.222. The molecular formula is C15H28N2O2. The summed E-state index contributed by atoms with van der Waals surface area (Å²) in [7, 11) is 0. The third-order valence-electron chi connectivity index (χ3n) is 4.09. The van der Waals surface area contributed by atoms with Gasteiger partial charge in [-0.2, -0.15) is 0 Å². The highest BCUT2D eigenvalue weighted by Gasteiger charge is 2.33. The largest absolute Gasteiger partial charge is 0.376 e. The first-order valence-corrected chi connectivity index (χ1v) is 7.70. The topological polar surface area (TPSA) is 41.6 Å². The maximum atomic E-state index is 12.5. The molecule has 110 valence electrons. The van der Waals surface area contributed by atoms with Crippen LogP contribution in [0, 0.1) is 11.8 Å². The maximum Gasteiger partial charge on any atom is 0.225 e. The monoisotopic (exact) mass is 268 g/mol. The van der Waals surface area contributed by atoms with Crippen LogP contribution in [0.3, 0.4) is 0 Å². The van der Waals surface area contributed by atoms with E-state index < -0.39 is 0 Å². The van der Waals surface area contributed by atoms with Crippen LogP contribution in [0.5, 0.6) is 0 Å². The molecule has 19 heavy (non-hydrogen) atoms. The number of hydrogen-bond donors (Lipinski definition) is 1. The number of likely N-dealkylation sites (tertiary alicyclic amines) is 1. The second-order valence-corrected chi connectivity index (χ2v) is 6.50. The first-order chi connectivity index (χ1) is 9.06. The van der Waals surface area contributed by atoms with E-state index in [-0.39, 0.29) is 12.0 Å². The van der Waals surface area contributed by atoms with E-state index in [0.29, 0.717) is 17.9 Å². The Morgan fingerprint density at radius 2 is 2.21 bits per heavy atom. The van der Waals surface area contributed by atoms with Crippen molar-refractivity contribution >= 4 is 5.91 Å². The van der Waals surface area contributed by atoms with Gasteiger partial charge in [-0.25, -0.2) is 0 Å². The Bertz CT molecular complexity index is 307. The fourth-order valence-corrected chi connectivity index (χ4v) is 3.01. The second-order valence-electron chi connectivity index (χ2n) is 6.50. The van der Waals surface area contributed by atoms with Gasteiger partial charge in [0.25, 0.3) is 0 Å². The molecule has 2 fully saturated rings. The van der Waals surface area contributed by atoms with Gasteiger partial charge < -0.3 is 15.0 Å². The number of carbonyl (C=O) groups is 1. The van der Waals surface area contributed by atoms with Crippen molar-refractivity contribution in [3.05, 3.63) is 0 Å². The Balaban J connectivity index is 1.78. The molecule has 0 radical (unpaired) electrons. The van der Waals surface area contributed by atoms with Crippen LogP contribution in [0.4, 0.5) is 0 Å². The lowest BCUT2D eigenvalue weighted by Gasteiger charge is -2.30. The molecule has 0 aromatic heterocycles. The van der Waals surface area contributed by atoms with Crippen LogP contribution in [0.15, 0.2) is 0 Å². The molecule has 1 unspecified atom stereocenters. The van der Waals surface area contributed by atoms with Gasteiger partial charge in [-0.05, 0) is 38.6 Å². The molecule has 1 amide bonds. The Labute approximate surface area is 116 Å². The Morgan fingerprint density at radius 1 is 1.42 bits per heavy atom. The normalized spacial score (nSPS) is 32.0. The number of hydrogen-bond acceptors (Lipinski definition) is 3. The lowest BCUT2D eigenvalue weighted by Crippen LogP contribution is -2.43. The van der Waals surface area contributed by atoms with Gasteiger partial charge in [0.1, 0.15) is 0 Å². The van der Waals surface area contributed by atoms with Gasteiger partial charge >= 0.3 is 0 Å². The lowest BCUT2D eigenvalue weighted by atomic mass is 9.92. The molecule has 2 aliphatic heterocycles. The third kappa shape index (κ3) is 4.18. The van der Waals surface area contributed by atoms with Crippen LogP contribution in [0.2, 0.25) is 0 Å². The summed E-state index contributed by atoms with van der Waals surface area (Å²) in [6.45, 7) is 9.93. The average molecular weight is 268 g/mol. The van der Waals surface area contributed by atoms with Gasteiger partial charge in [-0.15, -0.1) is 0 Å². The summed E-state index contributed by atoms with van der Waals surface area (Å²) in [4.78, 5) is 14.5. The highest BCUT2D eigenvalue weighted by Crippen LogP contribution is 2.22. The van der Waals surface area contributed by atoms with Crippen LogP contribution in [-0.4, -0.2) is 49.2 Å². The SMILES string of the molecule is CC(C)COC1CCN(C(=O)[C@H]2CCN[C@@H](C)C2)C1. The Kier molecular flexibility index (Phi) is 5.22. The van der Waals surface area contributed by atoms with Crippen LogP contribution in [-0.2, 0) is 9.53 Å². The first kappa shape index (κ1) is 14.8. The molecule has 0 aromatic carbocycles. The second kappa shape index (κ2) is 6.71. The van der Waals surface area contributed by atoms with Gasteiger partial charge in [-0.3, -0.25) is 4.79 Å². The van der Waals surface area contributed by atoms with Crippen molar-refractivity contribution in [2.45, 2.75) is 52.2 Å². The molecule has 1 N–H and O–H groups in total. The number of amides is 1. The number of carbonyl (C=O) groups excluding carboxylic acids is 1. The number of nitrogens with zero attached hydrogens (tertiary/aromatic N) is 1. The molecule has 0 spiro atoms. The number of ether oxygens (including phenoxy) is 1. The zero-order chi connectivity index (χ0) is 13.8. The molecule has 0 aliphatic carbocycles. The maximum absolute atomic E-state index is 12.5. The minimum atomic E-state index is 0.222. The van der Waals surface area contributed by atoms with Gasteiger partial charge in [0, 0.05) is 31.7 Å². The molecule has 2 heterocycles. The number of piperidine rings is 1. The third-order valence-corrected chi connectivity index (χ3v) is 4.09. The van der Waals surface area contributed by atoms with Crippen LogP contribution in [0.25, 0.3) is 0 Å². The summed E-state index contributed by atoms with van der Waals surface area (Å²) < 4.78 is 5.85. The predicted octanol–water partition coefficient (Wildman–Crippen LogP) is 1.65. The number of nitrogens with one attached hydrogen (secondary N) is 1.